The number of nitrogens with zero attached hydrogens (tertiary/aromatic N) is 4. The fourth-order valence-electron chi connectivity index (χ4n) is 3.66. The number of aromatic nitrogens is 2. The second kappa shape index (κ2) is 10.5. The van der Waals surface area contributed by atoms with E-state index in [4.69, 9.17) is 0 Å². The molecule has 0 atom stereocenters. The van der Waals surface area contributed by atoms with Gasteiger partial charge in [-0.2, -0.15) is 0 Å². The Morgan fingerprint density at radius 1 is 0.871 bits per heavy atom. The van der Waals surface area contributed by atoms with Crippen molar-refractivity contribution in [3.05, 3.63) is 78.6 Å². The zero-order valence-electron chi connectivity index (χ0n) is 17.6. The van der Waals surface area contributed by atoms with Gasteiger partial charge in [-0.3, -0.25) is 9.69 Å². The fourth-order valence-corrected chi connectivity index (χ4v) is 3.66. The van der Waals surface area contributed by atoms with Gasteiger partial charge in [-0.1, -0.05) is 30.3 Å². The zero-order valence-corrected chi connectivity index (χ0v) is 17.6. The summed E-state index contributed by atoms with van der Waals surface area (Å²) in [6, 6.07) is 20.5. The van der Waals surface area contributed by atoms with Crippen molar-refractivity contribution in [2.45, 2.75) is 13.0 Å². The van der Waals surface area contributed by atoms with Crippen molar-refractivity contribution in [1.82, 2.24) is 14.9 Å². The predicted molar refractivity (Wildman–Crippen MR) is 124 cm³/mol. The molecule has 1 saturated heterocycles. The summed E-state index contributed by atoms with van der Waals surface area (Å²) >= 11 is 0. The molecule has 2 heterocycles. The summed E-state index contributed by atoms with van der Waals surface area (Å²) in [5.74, 6) is 0.495. The van der Waals surface area contributed by atoms with Crippen LogP contribution in [0.25, 0.3) is 0 Å². The van der Waals surface area contributed by atoms with E-state index in [0.717, 1.165) is 38.4 Å². The summed E-state index contributed by atoms with van der Waals surface area (Å²) < 4.78 is 0. The molecule has 7 nitrogen and oxygen atoms in total. The van der Waals surface area contributed by atoms with E-state index in [1.165, 1.54) is 11.3 Å². The van der Waals surface area contributed by atoms with Crippen molar-refractivity contribution in [3.8, 4) is 0 Å². The highest BCUT2D eigenvalue weighted by atomic mass is 16.1. The lowest BCUT2D eigenvalue weighted by molar-refractivity contribution is -0.115. The number of rotatable bonds is 8. The molecule has 0 radical (unpaired) electrons. The Kier molecular flexibility index (Phi) is 7.08. The first-order chi connectivity index (χ1) is 15.3. The van der Waals surface area contributed by atoms with Crippen LogP contribution in [0.15, 0.2) is 73.1 Å². The first-order valence-electron chi connectivity index (χ1n) is 10.7. The number of carbonyl (C=O) groups is 1. The molecule has 4 rings (SSSR count). The zero-order chi connectivity index (χ0) is 21.3. The third-order valence-electron chi connectivity index (χ3n) is 5.34. The molecule has 1 aromatic heterocycles. The Balaban J connectivity index is 1.20. The molecule has 1 aliphatic heterocycles. The number of nitrogens with one attached hydrogen (secondary N) is 2. The van der Waals surface area contributed by atoms with Crippen molar-refractivity contribution in [1.29, 1.82) is 0 Å². The van der Waals surface area contributed by atoms with Crippen LogP contribution < -0.4 is 15.5 Å². The van der Waals surface area contributed by atoms with Gasteiger partial charge in [0.2, 0.25) is 11.9 Å². The molecule has 7 heteroatoms. The highest BCUT2D eigenvalue weighted by molar-refractivity contribution is 5.91. The summed E-state index contributed by atoms with van der Waals surface area (Å²) in [4.78, 5) is 25.2. The van der Waals surface area contributed by atoms with Gasteiger partial charge >= 0.3 is 0 Å². The molecule has 0 bridgehead atoms. The highest BCUT2D eigenvalue weighted by Gasteiger charge is 2.17. The van der Waals surface area contributed by atoms with Crippen LogP contribution in [0, 0.1) is 0 Å². The van der Waals surface area contributed by atoms with Gasteiger partial charge in [-0.05, 0) is 35.9 Å². The molecule has 1 aliphatic rings. The van der Waals surface area contributed by atoms with Crippen LogP contribution in [-0.4, -0.2) is 53.5 Å². The average Bonchev–Trinajstić information content (AvgIpc) is 2.82. The molecule has 2 N–H and O–H groups in total. The molecule has 1 amide bonds. The van der Waals surface area contributed by atoms with Crippen LogP contribution in [-0.2, 0) is 11.3 Å². The summed E-state index contributed by atoms with van der Waals surface area (Å²) in [5, 5.41) is 5.98. The predicted octanol–water partition coefficient (Wildman–Crippen LogP) is 3.24. The molecule has 0 aliphatic carbocycles. The van der Waals surface area contributed by atoms with Gasteiger partial charge in [0.15, 0.2) is 0 Å². The molecule has 3 aromatic rings. The van der Waals surface area contributed by atoms with Gasteiger partial charge in [0, 0.05) is 69.5 Å². The topological polar surface area (TPSA) is 73.4 Å². The Morgan fingerprint density at radius 2 is 1.58 bits per heavy atom. The molecular formula is C24H28N6O. The first kappa shape index (κ1) is 20.8. The van der Waals surface area contributed by atoms with Gasteiger partial charge in [0.1, 0.15) is 0 Å². The van der Waals surface area contributed by atoms with E-state index in [2.05, 4.69) is 72.9 Å². The maximum atomic E-state index is 12.2. The van der Waals surface area contributed by atoms with Crippen LogP contribution in [0.1, 0.15) is 12.0 Å². The lowest BCUT2D eigenvalue weighted by Gasteiger charge is -2.36. The minimum Gasteiger partial charge on any atom is -0.369 e. The Hall–Kier alpha value is -3.45. The smallest absolute Gasteiger partial charge is 0.226 e. The molecule has 0 unspecified atom stereocenters. The first-order valence-corrected chi connectivity index (χ1v) is 10.7. The third kappa shape index (κ3) is 6.26. The van der Waals surface area contributed by atoms with Crippen LogP contribution in [0.3, 0.4) is 0 Å². The lowest BCUT2D eigenvalue weighted by Crippen LogP contribution is -2.45. The third-order valence-corrected chi connectivity index (χ3v) is 5.34. The van der Waals surface area contributed by atoms with Crippen LogP contribution in [0.4, 0.5) is 17.3 Å². The molecule has 31 heavy (non-hydrogen) atoms. The highest BCUT2D eigenvalue weighted by Crippen LogP contribution is 2.20. The summed E-state index contributed by atoms with van der Waals surface area (Å²) in [6.07, 6.45) is 3.68. The number of hydrogen-bond acceptors (Lipinski definition) is 6. The van der Waals surface area contributed by atoms with Crippen molar-refractivity contribution in [3.63, 3.8) is 0 Å². The second-order valence-electron chi connectivity index (χ2n) is 7.59. The van der Waals surface area contributed by atoms with E-state index in [0.29, 0.717) is 18.9 Å². The Labute approximate surface area is 183 Å². The summed E-state index contributed by atoms with van der Waals surface area (Å²) in [7, 11) is 0. The molecule has 2 aromatic carbocycles. The van der Waals surface area contributed by atoms with Crippen LogP contribution in [0.2, 0.25) is 0 Å². The number of amides is 1. The second-order valence-corrected chi connectivity index (χ2v) is 7.59. The molecule has 160 valence electrons. The van der Waals surface area contributed by atoms with Gasteiger partial charge < -0.3 is 15.5 Å². The molecular weight excluding hydrogens is 388 g/mol. The Bertz CT molecular complexity index is 941. The average molecular weight is 417 g/mol. The number of benzene rings is 2. The van der Waals surface area contributed by atoms with Crippen LogP contribution >= 0.6 is 0 Å². The molecule has 0 spiro atoms. The van der Waals surface area contributed by atoms with Gasteiger partial charge in [0.05, 0.1) is 0 Å². The van der Waals surface area contributed by atoms with Gasteiger partial charge in [-0.15, -0.1) is 0 Å². The van der Waals surface area contributed by atoms with Crippen molar-refractivity contribution in [2.24, 2.45) is 0 Å². The minimum atomic E-state index is -0.0364. The quantitative estimate of drug-likeness (QED) is 0.587. The summed E-state index contributed by atoms with van der Waals surface area (Å²) in [5.41, 5.74) is 3.37. The normalized spacial score (nSPS) is 14.3. The van der Waals surface area contributed by atoms with Crippen molar-refractivity contribution in [2.75, 3.05) is 48.3 Å². The van der Waals surface area contributed by atoms with Gasteiger partial charge in [0.25, 0.3) is 0 Å². The summed E-state index contributed by atoms with van der Waals surface area (Å²) in [6.45, 7) is 5.60. The maximum absolute atomic E-state index is 12.2. The standard InChI is InChI=1S/C24H28N6O/c31-23(11-14-27-24-25-12-4-13-26-24)28-21-7-9-22(10-8-21)30-17-15-29(16-18-30)19-20-5-2-1-3-6-20/h1-10,12-13H,11,14-19H2,(H,28,31)(H,25,26,27). The maximum Gasteiger partial charge on any atom is 0.226 e. The largest absolute Gasteiger partial charge is 0.369 e. The number of hydrogen-bond donors (Lipinski definition) is 2. The van der Waals surface area contributed by atoms with Crippen LogP contribution in [0.5, 0.6) is 0 Å². The van der Waals surface area contributed by atoms with E-state index < -0.39 is 0 Å². The number of anilines is 3. The Morgan fingerprint density at radius 3 is 2.29 bits per heavy atom. The van der Waals surface area contributed by atoms with E-state index in [1.807, 2.05) is 12.1 Å². The SMILES string of the molecule is O=C(CCNc1ncccn1)Nc1ccc(N2CCN(Cc3ccccc3)CC2)cc1. The van der Waals surface area contributed by atoms with E-state index in [9.17, 15) is 4.79 Å². The fraction of sp³-hybridized carbons (Fsp3) is 0.292. The monoisotopic (exact) mass is 416 g/mol. The van der Waals surface area contributed by atoms with Crippen molar-refractivity contribution < 1.29 is 4.79 Å². The lowest BCUT2D eigenvalue weighted by atomic mass is 10.2. The number of piperazine rings is 1. The van der Waals surface area contributed by atoms with E-state index in [-0.39, 0.29) is 5.91 Å². The van der Waals surface area contributed by atoms with E-state index >= 15 is 0 Å². The van der Waals surface area contributed by atoms with Crippen molar-refractivity contribution >= 4 is 23.2 Å². The van der Waals surface area contributed by atoms with E-state index in [1.54, 1.807) is 18.5 Å². The number of carbonyl (C=O) groups excluding carboxylic acids is 1. The molecule has 0 saturated carbocycles. The van der Waals surface area contributed by atoms with Gasteiger partial charge in [-0.25, -0.2) is 9.97 Å². The molecule has 1 fully saturated rings. The minimum absolute atomic E-state index is 0.0364.